The van der Waals surface area contributed by atoms with Crippen LogP contribution in [0.3, 0.4) is 0 Å². The fourth-order valence-corrected chi connectivity index (χ4v) is 4.70. The van der Waals surface area contributed by atoms with E-state index in [9.17, 15) is 9.59 Å². The predicted molar refractivity (Wildman–Crippen MR) is 90.4 cm³/mol. The SMILES string of the molecule is CCCCC(N)OC(=O)CCCC[C@H]1SC[C@H]2NC(=O)N(N)[C@H]21. The van der Waals surface area contributed by atoms with E-state index in [0.717, 1.165) is 44.3 Å². The van der Waals surface area contributed by atoms with Crippen LogP contribution in [-0.4, -0.2) is 46.3 Å². The third kappa shape index (κ3) is 4.99. The van der Waals surface area contributed by atoms with Crippen LogP contribution in [0, 0.1) is 0 Å². The molecule has 2 fully saturated rings. The number of carbonyl (C=O) groups is 2. The van der Waals surface area contributed by atoms with Crippen molar-refractivity contribution in [3.63, 3.8) is 0 Å². The fraction of sp³-hybridized carbons (Fsp3) is 0.867. The van der Waals surface area contributed by atoms with Gasteiger partial charge in [0, 0.05) is 17.4 Å². The number of nitrogens with one attached hydrogen (secondary N) is 1. The highest BCUT2D eigenvalue weighted by Crippen LogP contribution is 2.36. The zero-order valence-corrected chi connectivity index (χ0v) is 14.5. The highest BCUT2D eigenvalue weighted by Gasteiger charge is 2.47. The second kappa shape index (κ2) is 8.75. The lowest BCUT2D eigenvalue weighted by Crippen LogP contribution is -2.45. The maximum absolute atomic E-state index is 11.7. The normalized spacial score (nSPS) is 27.7. The molecule has 0 bridgehead atoms. The Balaban J connectivity index is 1.60. The molecule has 0 saturated carbocycles. The average molecular weight is 344 g/mol. The molecule has 0 aromatic carbocycles. The van der Waals surface area contributed by atoms with Crippen LogP contribution in [0.5, 0.6) is 0 Å². The van der Waals surface area contributed by atoms with E-state index in [0.29, 0.717) is 11.7 Å². The second-order valence-electron chi connectivity index (χ2n) is 6.24. The summed E-state index contributed by atoms with van der Waals surface area (Å²) in [4.78, 5) is 23.2. The van der Waals surface area contributed by atoms with E-state index < -0.39 is 6.23 Å². The summed E-state index contributed by atoms with van der Waals surface area (Å²) in [6, 6.07) is 0.0425. The molecular formula is C15H28N4O3S. The second-order valence-corrected chi connectivity index (χ2v) is 7.51. The van der Waals surface area contributed by atoms with Crippen molar-refractivity contribution in [2.75, 3.05) is 5.75 Å². The number of nitrogens with zero attached hydrogens (tertiary/aromatic N) is 1. The molecule has 0 aromatic heterocycles. The van der Waals surface area contributed by atoms with Crippen LogP contribution in [0.15, 0.2) is 0 Å². The lowest BCUT2D eigenvalue weighted by molar-refractivity contribution is -0.149. The minimum atomic E-state index is -0.477. The highest BCUT2D eigenvalue weighted by atomic mass is 32.2. The van der Waals surface area contributed by atoms with E-state index in [4.69, 9.17) is 16.3 Å². The van der Waals surface area contributed by atoms with Crippen molar-refractivity contribution in [2.45, 2.75) is 75.4 Å². The lowest BCUT2D eigenvalue weighted by atomic mass is 10.0. The molecule has 1 unspecified atom stereocenters. The van der Waals surface area contributed by atoms with Crippen LogP contribution >= 0.6 is 11.8 Å². The molecule has 4 atom stereocenters. The van der Waals surface area contributed by atoms with E-state index >= 15 is 0 Å². The first-order chi connectivity index (χ1) is 11.0. The first-order valence-electron chi connectivity index (χ1n) is 8.44. The van der Waals surface area contributed by atoms with Crippen molar-refractivity contribution >= 4 is 23.8 Å². The summed E-state index contributed by atoms with van der Waals surface area (Å²) in [5.74, 6) is 6.51. The molecule has 2 aliphatic heterocycles. The number of amides is 2. The van der Waals surface area contributed by atoms with Gasteiger partial charge in [0.1, 0.15) is 0 Å². The van der Waals surface area contributed by atoms with Crippen LogP contribution in [0.4, 0.5) is 4.79 Å². The van der Waals surface area contributed by atoms with Gasteiger partial charge in [-0.05, 0) is 25.7 Å². The Morgan fingerprint density at radius 3 is 3.00 bits per heavy atom. The largest absolute Gasteiger partial charge is 0.447 e. The molecular weight excluding hydrogens is 316 g/mol. The summed E-state index contributed by atoms with van der Waals surface area (Å²) >= 11 is 1.85. The molecule has 0 radical (unpaired) electrons. The van der Waals surface area contributed by atoms with Gasteiger partial charge in [-0.1, -0.05) is 19.8 Å². The van der Waals surface area contributed by atoms with Crippen LogP contribution in [0.1, 0.15) is 51.9 Å². The summed E-state index contributed by atoms with van der Waals surface area (Å²) in [6.07, 6.45) is 5.30. The Morgan fingerprint density at radius 2 is 2.26 bits per heavy atom. The van der Waals surface area contributed by atoms with Gasteiger partial charge in [0.05, 0.1) is 12.1 Å². The molecule has 2 heterocycles. The summed E-state index contributed by atoms with van der Waals surface area (Å²) in [5, 5.41) is 4.56. The molecule has 2 aliphatic rings. The van der Waals surface area contributed by atoms with Crippen molar-refractivity contribution in [3.05, 3.63) is 0 Å². The number of hydrazine groups is 1. The van der Waals surface area contributed by atoms with E-state index in [-0.39, 0.29) is 24.1 Å². The summed E-state index contributed by atoms with van der Waals surface area (Å²) in [7, 11) is 0. The maximum Gasteiger partial charge on any atom is 0.332 e. The van der Waals surface area contributed by atoms with Crippen molar-refractivity contribution in [3.8, 4) is 0 Å². The van der Waals surface area contributed by atoms with Gasteiger partial charge in [0.25, 0.3) is 0 Å². The van der Waals surface area contributed by atoms with Crippen molar-refractivity contribution in [1.82, 2.24) is 10.3 Å². The van der Waals surface area contributed by atoms with Crippen LogP contribution in [0.2, 0.25) is 0 Å². The van der Waals surface area contributed by atoms with Gasteiger partial charge < -0.3 is 10.1 Å². The van der Waals surface area contributed by atoms with Gasteiger partial charge in [-0.2, -0.15) is 11.8 Å². The van der Waals surface area contributed by atoms with Crippen molar-refractivity contribution in [1.29, 1.82) is 0 Å². The number of nitrogens with two attached hydrogens (primary N) is 2. The first-order valence-corrected chi connectivity index (χ1v) is 9.49. The Kier molecular flexibility index (Phi) is 6.98. The van der Waals surface area contributed by atoms with E-state index in [1.807, 2.05) is 11.8 Å². The maximum atomic E-state index is 11.7. The molecule has 23 heavy (non-hydrogen) atoms. The standard InChI is InChI=1S/C15H28N4O3S/c1-2-3-7-12(16)22-13(20)8-5-4-6-11-14-10(9-23-11)18-15(21)19(14)17/h10-12,14H,2-9,16-17H2,1H3,(H,18,21)/t10-,11-,12?,14-/m1/s1. The molecule has 2 saturated heterocycles. The fourth-order valence-electron chi connectivity index (χ4n) is 3.11. The molecule has 2 rings (SSSR count). The smallest absolute Gasteiger partial charge is 0.332 e. The monoisotopic (exact) mass is 344 g/mol. The van der Waals surface area contributed by atoms with Crippen LogP contribution < -0.4 is 16.9 Å². The summed E-state index contributed by atoms with van der Waals surface area (Å²) < 4.78 is 5.18. The average Bonchev–Trinajstić information content (AvgIpc) is 3.03. The van der Waals surface area contributed by atoms with Gasteiger partial charge in [-0.15, -0.1) is 0 Å². The summed E-state index contributed by atoms with van der Waals surface area (Å²) in [6.45, 7) is 2.08. The molecule has 0 spiro atoms. The first kappa shape index (κ1) is 18.4. The number of rotatable bonds is 9. The molecule has 0 aliphatic carbocycles. The predicted octanol–water partition coefficient (Wildman–Crippen LogP) is 1.32. The van der Waals surface area contributed by atoms with Gasteiger partial charge in [-0.25, -0.2) is 10.6 Å². The molecule has 2 amide bonds. The molecule has 132 valence electrons. The zero-order chi connectivity index (χ0) is 16.8. The Hall–Kier alpha value is -0.990. The number of fused-ring (bicyclic) bond motifs is 1. The number of hydrogen-bond donors (Lipinski definition) is 3. The number of hydrogen-bond acceptors (Lipinski definition) is 6. The molecule has 7 nitrogen and oxygen atoms in total. The van der Waals surface area contributed by atoms with Gasteiger partial charge in [0.15, 0.2) is 6.23 Å². The number of ether oxygens (including phenoxy) is 1. The number of thioether (sulfide) groups is 1. The Bertz CT molecular complexity index is 424. The van der Waals surface area contributed by atoms with E-state index in [1.165, 1.54) is 5.01 Å². The van der Waals surface area contributed by atoms with Crippen molar-refractivity contribution in [2.24, 2.45) is 11.6 Å². The highest BCUT2D eigenvalue weighted by molar-refractivity contribution is 8.00. The number of unbranched alkanes of at least 4 members (excludes halogenated alkanes) is 2. The lowest BCUT2D eigenvalue weighted by Gasteiger charge is -2.22. The van der Waals surface area contributed by atoms with Crippen LogP contribution in [0.25, 0.3) is 0 Å². The summed E-state index contributed by atoms with van der Waals surface area (Å²) in [5.41, 5.74) is 5.75. The molecule has 0 aromatic rings. The van der Waals surface area contributed by atoms with E-state index in [1.54, 1.807) is 0 Å². The van der Waals surface area contributed by atoms with Crippen molar-refractivity contribution < 1.29 is 14.3 Å². The zero-order valence-electron chi connectivity index (χ0n) is 13.7. The third-order valence-corrected chi connectivity index (χ3v) is 5.89. The topological polar surface area (TPSA) is 111 Å². The number of esters is 1. The molecule has 5 N–H and O–H groups in total. The van der Waals surface area contributed by atoms with Gasteiger partial charge in [0.2, 0.25) is 0 Å². The minimum Gasteiger partial charge on any atom is -0.447 e. The third-order valence-electron chi connectivity index (χ3n) is 4.39. The Labute approximate surface area is 141 Å². The number of carbonyl (C=O) groups excluding carboxylic acids is 2. The Morgan fingerprint density at radius 1 is 1.48 bits per heavy atom. The van der Waals surface area contributed by atoms with Gasteiger partial charge in [-0.3, -0.25) is 15.5 Å². The quantitative estimate of drug-likeness (QED) is 0.145. The van der Waals surface area contributed by atoms with Crippen LogP contribution in [-0.2, 0) is 9.53 Å². The number of urea groups is 1. The minimum absolute atomic E-state index is 0.0712. The van der Waals surface area contributed by atoms with Gasteiger partial charge >= 0.3 is 12.0 Å². The van der Waals surface area contributed by atoms with E-state index in [2.05, 4.69) is 12.2 Å². The molecule has 8 heteroatoms.